The number of H-pyrrole nitrogens is 1. The van der Waals surface area contributed by atoms with Crippen LogP contribution < -0.4 is 5.56 Å². The van der Waals surface area contributed by atoms with Gasteiger partial charge in [-0.05, 0) is 31.2 Å². The summed E-state index contributed by atoms with van der Waals surface area (Å²) in [6.07, 6.45) is -2.99. The molecule has 1 fully saturated rings. The minimum absolute atomic E-state index is 0.0788. The Kier molecular flexibility index (Phi) is 5.83. The third-order valence-electron chi connectivity index (χ3n) is 5.44. The molecule has 1 aliphatic rings. The average molecular weight is 447 g/mol. The Morgan fingerprint density at radius 2 is 1.91 bits per heavy atom. The number of amides is 1. The Morgan fingerprint density at radius 1 is 1.16 bits per heavy atom. The van der Waals surface area contributed by atoms with Crippen LogP contribution in [0.4, 0.5) is 13.2 Å². The molecule has 168 valence electrons. The highest BCUT2D eigenvalue weighted by molar-refractivity contribution is 5.93. The second kappa shape index (κ2) is 8.58. The first kappa shape index (κ1) is 21.8. The van der Waals surface area contributed by atoms with Crippen molar-refractivity contribution in [3.8, 4) is 11.4 Å². The number of benzene rings is 1. The molecule has 0 saturated carbocycles. The summed E-state index contributed by atoms with van der Waals surface area (Å²) in [5.74, 6) is 0.0236. The van der Waals surface area contributed by atoms with E-state index in [1.807, 2.05) is 11.8 Å². The number of rotatable bonds is 4. The van der Waals surface area contributed by atoms with Crippen molar-refractivity contribution in [2.24, 2.45) is 0 Å². The van der Waals surface area contributed by atoms with E-state index in [-0.39, 0.29) is 34.8 Å². The van der Waals surface area contributed by atoms with Crippen LogP contribution in [0.5, 0.6) is 0 Å². The summed E-state index contributed by atoms with van der Waals surface area (Å²) in [5.41, 5.74) is -0.907. The van der Waals surface area contributed by atoms with E-state index in [2.05, 4.69) is 15.1 Å². The highest BCUT2D eigenvalue weighted by Crippen LogP contribution is 2.32. The largest absolute Gasteiger partial charge is 0.416 e. The van der Waals surface area contributed by atoms with Gasteiger partial charge in [0.05, 0.1) is 11.6 Å². The lowest BCUT2D eigenvalue weighted by molar-refractivity contribution is -0.137. The van der Waals surface area contributed by atoms with Gasteiger partial charge < -0.3 is 14.4 Å². The molecule has 0 unspecified atom stereocenters. The number of piperazine rings is 1. The molecule has 4 rings (SSSR count). The summed E-state index contributed by atoms with van der Waals surface area (Å²) in [4.78, 5) is 34.9. The topological polar surface area (TPSA) is 95.3 Å². The molecule has 1 aromatic carbocycles. The fourth-order valence-corrected chi connectivity index (χ4v) is 3.59. The molecule has 3 heterocycles. The van der Waals surface area contributed by atoms with E-state index in [4.69, 9.17) is 4.52 Å². The van der Waals surface area contributed by atoms with Crippen molar-refractivity contribution >= 4 is 5.91 Å². The molecule has 0 spiro atoms. The Morgan fingerprint density at radius 3 is 2.59 bits per heavy atom. The zero-order valence-electron chi connectivity index (χ0n) is 17.1. The number of pyridine rings is 1. The van der Waals surface area contributed by atoms with Gasteiger partial charge in [0.25, 0.3) is 11.5 Å². The van der Waals surface area contributed by atoms with Crippen LogP contribution in [0.2, 0.25) is 0 Å². The van der Waals surface area contributed by atoms with Gasteiger partial charge in [-0.2, -0.15) is 18.2 Å². The lowest BCUT2D eigenvalue weighted by Gasteiger charge is -2.36. The number of aromatic amines is 1. The fraction of sp³-hybridized carbons (Fsp3) is 0.333. The molecule has 1 saturated heterocycles. The Balaban J connectivity index is 1.42. The fourth-order valence-electron chi connectivity index (χ4n) is 3.59. The number of carbonyl (C=O) groups excluding carboxylic acids is 1. The van der Waals surface area contributed by atoms with Gasteiger partial charge in [0.2, 0.25) is 11.7 Å². The van der Waals surface area contributed by atoms with E-state index < -0.39 is 17.3 Å². The van der Waals surface area contributed by atoms with E-state index in [1.165, 1.54) is 24.4 Å². The van der Waals surface area contributed by atoms with Crippen molar-refractivity contribution in [1.82, 2.24) is 24.9 Å². The summed E-state index contributed by atoms with van der Waals surface area (Å²) >= 11 is 0. The number of carbonyl (C=O) groups is 1. The number of hydrogen-bond donors (Lipinski definition) is 1. The van der Waals surface area contributed by atoms with Crippen LogP contribution in [0.1, 0.15) is 34.8 Å². The van der Waals surface area contributed by atoms with Crippen LogP contribution in [0.3, 0.4) is 0 Å². The second-order valence-electron chi connectivity index (χ2n) is 7.45. The normalized spacial score (nSPS) is 16.2. The average Bonchev–Trinajstić information content (AvgIpc) is 3.28. The maximum atomic E-state index is 13.0. The standard InChI is InChI=1S/C21H20F3N5O3/c1-13(19-26-17(27-32-19)14-4-2-5-15(12-14)21(22,23)24)28-8-10-29(11-9-28)20(31)16-6-3-7-25-18(16)30/h2-7,12-13H,8-11H2,1H3,(H,25,30)/t13-/m0/s1. The van der Waals surface area contributed by atoms with E-state index >= 15 is 0 Å². The van der Waals surface area contributed by atoms with Crippen molar-refractivity contribution in [3.63, 3.8) is 0 Å². The van der Waals surface area contributed by atoms with Crippen LogP contribution in [0.15, 0.2) is 51.9 Å². The molecule has 2 aromatic heterocycles. The Labute approximate surface area is 180 Å². The summed E-state index contributed by atoms with van der Waals surface area (Å²) < 4.78 is 44.2. The van der Waals surface area contributed by atoms with E-state index in [0.717, 1.165) is 12.1 Å². The zero-order valence-corrected chi connectivity index (χ0v) is 17.1. The Bertz CT molecular complexity index is 1170. The molecule has 11 heteroatoms. The first-order valence-corrected chi connectivity index (χ1v) is 9.96. The lowest BCUT2D eigenvalue weighted by atomic mass is 10.1. The summed E-state index contributed by atoms with van der Waals surface area (Å²) in [6.45, 7) is 3.69. The van der Waals surface area contributed by atoms with Gasteiger partial charge >= 0.3 is 6.18 Å². The van der Waals surface area contributed by atoms with Gasteiger partial charge in [0.15, 0.2) is 0 Å². The third-order valence-corrected chi connectivity index (χ3v) is 5.44. The molecule has 3 aromatic rings. The number of nitrogens with one attached hydrogen (secondary N) is 1. The second-order valence-corrected chi connectivity index (χ2v) is 7.45. The first-order chi connectivity index (χ1) is 15.2. The van der Waals surface area contributed by atoms with Gasteiger partial charge in [0.1, 0.15) is 5.56 Å². The minimum Gasteiger partial charge on any atom is -0.337 e. The van der Waals surface area contributed by atoms with Crippen molar-refractivity contribution in [3.05, 3.63) is 70.0 Å². The monoisotopic (exact) mass is 447 g/mol. The number of aromatic nitrogens is 3. The van der Waals surface area contributed by atoms with Crippen LogP contribution in [0, 0.1) is 0 Å². The highest BCUT2D eigenvalue weighted by atomic mass is 19.4. The van der Waals surface area contributed by atoms with E-state index in [0.29, 0.717) is 26.2 Å². The van der Waals surface area contributed by atoms with Crippen molar-refractivity contribution < 1.29 is 22.5 Å². The summed E-state index contributed by atoms with van der Waals surface area (Å²) in [6, 6.07) is 7.55. The molecule has 0 aliphatic carbocycles. The molecular formula is C21H20F3N5O3. The molecular weight excluding hydrogens is 427 g/mol. The molecule has 32 heavy (non-hydrogen) atoms. The van der Waals surface area contributed by atoms with E-state index in [9.17, 15) is 22.8 Å². The van der Waals surface area contributed by atoms with Crippen LogP contribution in [0.25, 0.3) is 11.4 Å². The van der Waals surface area contributed by atoms with Crippen molar-refractivity contribution in [2.45, 2.75) is 19.1 Å². The molecule has 0 bridgehead atoms. The quantitative estimate of drug-likeness (QED) is 0.661. The van der Waals surface area contributed by atoms with Crippen molar-refractivity contribution in [1.29, 1.82) is 0 Å². The van der Waals surface area contributed by atoms with Crippen LogP contribution in [-0.2, 0) is 6.18 Å². The maximum Gasteiger partial charge on any atom is 0.416 e. The van der Waals surface area contributed by atoms with Crippen molar-refractivity contribution in [2.75, 3.05) is 26.2 Å². The Hall–Kier alpha value is -3.47. The molecule has 1 amide bonds. The first-order valence-electron chi connectivity index (χ1n) is 9.96. The summed E-state index contributed by atoms with van der Waals surface area (Å²) in [7, 11) is 0. The van der Waals surface area contributed by atoms with Gasteiger partial charge in [-0.25, -0.2) is 0 Å². The van der Waals surface area contributed by atoms with E-state index in [1.54, 1.807) is 11.0 Å². The van der Waals surface area contributed by atoms with Crippen LogP contribution >= 0.6 is 0 Å². The predicted octanol–water partition coefficient (Wildman–Crippen LogP) is 2.96. The molecule has 1 N–H and O–H groups in total. The van der Waals surface area contributed by atoms with Gasteiger partial charge in [-0.15, -0.1) is 0 Å². The molecule has 1 atom stereocenters. The minimum atomic E-state index is -4.46. The molecule has 8 nitrogen and oxygen atoms in total. The number of halogens is 3. The summed E-state index contributed by atoms with van der Waals surface area (Å²) in [5, 5.41) is 3.84. The highest BCUT2D eigenvalue weighted by Gasteiger charge is 2.32. The van der Waals surface area contributed by atoms with Crippen LogP contribution in [-0.4, -0.2) is 57.0 Å². The van der Waals surface area contributed by atoms with Gasteiger partial charge in [0, 0.05) is 37.9 Å². The maximum absolute atomic E-state index is 13.0. The number of alkyl halides is 3. The van der Waals surface area contributed by atoms with Gasteiger partial charge in [-0.3, -0.25) is 14.5 Å². The zero-order chi connectivity index (χ0) is 22.9. The SMILES string of the molecule is C[C@@H](c1nc(-c2cccc(C(F)(F)F)c2)no1)N1CCN(C(=O)c2ccc[nH]c2=O)CC1. The third kappa shape index (κ3) is 4.42. The number of nitrogens with zero attached hydrogens (tertiary/aromatic N) is 4. The lowest BCUT2D eigenvalue weighted by Crippen LogP contribution is -2.50. The smallest absolute Gasteiger partial charge is 0.337 e. The molecule has 0 radical (unpaired) electrons. The number of hydrogen-bond acceptors (Lipinski definition) is 6. The molecule has 1 aliphatic heterocycles. The predicted molar refractivity (Wildman–Crippen MR) is 108 cm³/mol. The van der Waals surface area contributed by atoms with Gasteiger partial charge in [-0.1, -0.05) is 17.3 Å².